The Labute approximate surface area is 130 Å². The van der Waals surface area contributed by atoms with Crippen LogP contribution in [0.3, 0.4) is 0 Å². The highest BCUT2D eigenvalue weighted by atomic mass is 35.5. The summed E-state index contributed by atoms with van der Waals surface area (Å²) >= 11 is 12.2. The zero-order valence-corrected chi connectivity index (χ0v) is 12.9. The second-order valence-corrected chi connectivity index (χ2v) is 5.82. The smallest absolute Gasteiger partial charge is 0.0456 e. The van der Waals surface area contributed by atoms with Crippen LogP contribution in [0.2, 0.25) is 10.0 Å². The first-order valence-corrected chi connectivity index (χ1v) is 7.65. The van der Waals surface area contributed by atoms with Gasteiger partial charge in [0.05, 0.1) is 0 Å². The van der Waals surface area contributed by atoms with E-state index >= 15 is 0 Å². The highest BCUT2D eigenvalue weighted by Crippen LogP contribution is 2.30. The number of aryl methyl sites for hydroxylation is 1. The quantitative estimate of drug-likeness (QED) is 0.793. The third kappa shape index (κ3) is 4.24. The van der Waals surface area contributed by atoms with Crippen molar-refractivity contribution >= 4 is 23.2 Å². The minimum absolute atomic E-state index is 0.295. The molecule has 1 unspecified atom stereocenters. The molecular formula is C17H19Cl2N. The number of benzene rings is 2. The molecule has 0 aliphatic carbocycles. The van der Waals surface area contributed by atoms with Gasteiger partial charge >= 0.3 is 0 Å². The lowest BCUT2D eigenvalue weighted by Crippen LogP contribution is -2.13. The van der Waals surface area contributed by atoms with Crippen LogP contribution in [0.5, 0.6) is 0 Å². The van der Waals surface area contributed by atoms with E-state index in [0.717, 1.165) is 24.8 Å². The molecule has 2 aromatic carbocycles. The van der Waals surface area contributed by atoms with Gasteiger partial charge in [0, 0.05) is 10.0 Å². The molecule has 0 radical (unpaired) electrons. The number of hydrogen-bond acceptors (Lipinski definition) is 1. The van der Waals surface area contributed by atoms with E-state index in [4.69, 9.17) is 28.9 Å². The number of hydrogen-bond donors (Lipinski definition) is 1. The third-order valence-corrected chi connectivity index (χ3v) is 4.11. The third-order valence-electron chi connectivity index (χ3n) is 3.55. The molecule has 1 nitrogen and oxygen atoms in total. The summed E-state index contributed by atoms with van der Waals surface area (Å²) < 4.78 is 0. The molecule has 106 valence electrons. The van der Waals surface area contributed by atoms with E-state index in [1.54, 1.807) is 6.07 Å². The minimum Gasteiger partial charge on any atom is -0.330 e. The van der Waals surface area contributed by atoms with Crippen molar-refractivity contribution in [2.75, 3.05) is 6.54 Å². The molecule has 2 aromatic rings. The van der Waals surface area contributed by atoms with Crippen LogP contribution in [0.25, 0.3) is 0 Å². The molecule has 2 rings (SSSR count). The Balaban J connectivity index is 1.95. The summed E-state index contributed by atoms with van der Waals surface area (Å²) in [5, 5.41) is 1.38. The molecule has 0 heterocycles. The van der Waals surface area contributed by atoms with Crippen LogP contribution in [0.4, 0.5) is 0 Å². The summed E-state index contributed by atoms with van der Waals surface area (Å²) in [7, 11) is 0. The highest BCUT2D eigenvalue weighted by molar-refractivity contribution is 6.35. The van der Waals surface area contributed by atoms with E-state index in [1.807, 2.05) is 18.2 Å². The fourth-order valence-corrected chi connectivity index (χ4v) is 2.99. The second-order valence-electron chi connectivity index (χ2n) is 4.98. The average molecular weight is 308 g/mol. The lowest BCUT2D eigenvalue weighted by atomic mass is 9.92. The van der Waals surface area contributed by atoms with Crippen molar-refractivity contribution in [1.82, 2.24) is 0 Å². The predicted molar refractivity (Wildman–Crippen MR) is 87.6 cm³/mol. The fraction of sp³-hybridized carbons (Fsp3) is 0.294. The van der Waals surface area contributed by atoms with Gasteiger partial charge in [0.2, 0.25) is 0 Å². The topological polar surface area (TPSA) is 26.0 Å². The molecule has 2 N–H and O–H groups in total. The van der Waals surface area contributed by atoms with Crippen LogP contribution in [0.1, 0.15) is 29.9 Å². The number of nitrogens with two attached hydrogens (primary N) is 1. The van der Waals surface area contributed by atoms with Gasteiger partial charge in [-0.05, 0) is 55.0 Å². The lowest BCUT2D eigenvalue weighted by molar-refractivity contribution is 0.599. The summed E-state index contributed by atoms with van der Waals surface area (Å²) in [6.45, 7) is 0.607. The molecule has 0 bridgehead atoms. The maximum atomic E-state index is 6.26. The van der Waals surface area contributed by atoms with E-state index < -0.39 is 0 Å². The molecule has 0 aliphatic rings. The largest absolute Gasteiger partial charge is 0.330 e. The first-order valence-electron chi connectivity index (χ1n) is 6.89. The zero-order valence-electron chi connectivity index (χ0n) is 11.4. The Kier molecular flexibility index (Phi) is 5.90. The van der Waals surface area contributed by atoms with Crippen molar-refractivity contribution in [2.24, 2.45) is 5.73 Å². The monoisotopic (exact) mass is 307 g/mol. The van der Waals surface area contributed by atoms with Gasteiger partial charge in [-0.25, -0.2) is 0 Å². The average Bonchev–Trinajstić information content (AvgIpc) is 2.46. The van der Waals surface area contributed by atoms with Crippen molar-refractivity contribution < 1.29 is 0 Å². The summed E-state index contributed by atoms with van der Waals surface area (Å²) in [6.07, 6.45) is 3.21. The molecule has 0 fully saturated rings. The lowest BCUT2D eigenvalue weighted by Gasteiger charge is -2.17. The van der Waals surface area contributed by atoms with Crippen molar-refractivity contribution in [2.45, 2.75) is 25.2 Å². The second kappa shape index (κ2) is 7.68. The van der Waals surface area contributed by atoms with Gasteiger partial charge in [-0.15, -0.1) is 0 Å². The molecular weight excluding hydrogens is 289 g/mol. The Hall–Kier alpha value is -1.02. The van der Waals surface area contributed by atoms with Crippen LogP contribution in [-0.2, 0) is 6.42 Å². The standard InChI is InChI=1S/C17H19Cl2N/c18-15-9-10-16(17(19)11-15)14(12-20)8-4-7-13-5-2-1-3-6-13/h1-3,5-6,9-11,14H,4,7-8,12,20H2. The van der Waals surface area contributed by atoms with Crippen molar-refractivity contribution in [1.29, 1.82) is 0 Å². The van der Waals surface area contributed by atoms with Gasteiger partial charge in [0.15, 0.2) is 0 Å². The highest BCUT2D eigenvalue weighted by Gasteiger charge is 2.13. The Morgan fingerprint density at radius 1 is 1.00 bits per heavy atom. The van der Waals surface area contributed by atoms with Crippen molar-refractivity contribution in [3.05, 3.63) is 69.7 Å². The van der Waals surface area contributed by atoms with E-state index in [1.165, 1.54) is 5.56 Å². The van der Waals surface area contributed by atoms with E-state index in [-0.39, 0.29) is 0 Å². The van der Waals surface area contributed by atoms with Gasteiger partial charge in [0.25, 0.3) is 0 Å². The Morgan fingerprint density at radius 2 is 1.75 bits per heavy atom. The van der Waals surface area contributed by atoms with Crippen LogP contribution >= 0.6 is 23.2 Å². The van der Waals surface area contributed by atoms with Crippen LogP contribution < -0.4 is 5.73 Å². The van der Waals surface area contributed by atoms with Gasteiger partial charge in [-0.2, -0.15) is 0 Å². The molecule has 3 heteroatoms. The number of rotatable bonds is 6. The van der Waals surface area contributed by atoms with Gasteiger partial charge in [-0.3, -0.25) is 0 Å². The summed E-state index contributed by atoms with van der Waals surface area (Å²) in [6, 6.07) is 16.2. The first-order chi connectivity index (χ1) is 9.70. The summed E-state index contributed by atoms with van der Waals surface area (Å²) in [4.78, 5) is 0. The molecule has 0 aromatic heterocycles. The molecule has 0 saturated carbocycles. The molecule has 0 amide bonds. The minimum atomic E-state index is 0.295. The van der Waals surface area contributed by atoms with Crippen LogP contribution in [-0.4, -0.2) is 6.54 Å². The number of halogens is 2. The van der Waals surface area contributed by atoms with E-state index in [2.05, 4.69) is 24.3 Å². The maximum absolute atomic E-state index is 6.26. The molecule has 0 aliphatic heterocycles. The van der Waals surface area contributed by atoms with Gasteiger partial charge < -0.3 is 5.73 Å². The zero-order chi connectivity index (χ0) is 14.4. The van der Waals surface area contributed by atoms with Gasteiger partial charge in [0.1, 0.15) is 0 Å². The van der Waals surface area contributed by atoms with Crippen LogP contribution in [0.15, 0.2) is 48.5 Å². The van der Waals surface area contributed by atoms with E-state index in [0.29, 0.717) is 22.5 Å². The van der Waals surface area contributed by atoms with E-state index in [9.17, 15) is 0 Å². The SMILES string of the molecule is NCC(CCCc1ccccc1)c1ccc(Cl)cc1Cl. The van der Waals surface area contributed by atoms with Crippen molar-refractivity contribution in [3.8, 4) is 0 Å². The summed E-state index contributed by atoms with van der Waals surface area (Å²) in [5.74, 6) is 0.295. The molecule has 1 atom stereocenters. The van der Waals surface area contributed by atoms with Gasteiger partial charge in [-0.1, -0.05) is 59.6 Å². The molecule has 20 heavy (non-hydrogen) atoms. The fourth-order valence-electron chi connectivity index (χ4n) is 2.43. The molecule has 0 spiro atoms. The predicted octanol–water partition coefficient (Wildman–Crippen LogP) is 5.06. The Bertz CT molecular complexity index is 540. The maximum Gasteiger partial charge on any atom is 0.0456 e. The van der Waals surface area contributed by atoms with Crippen molar-refractivity contribution in [3.63, 3.8) is 0 Å². The molecule has 0 saturated heterocycles. The van der Waals surface area contributed by atoms with Crippen LogP contribution in [0, 0.1) is 0 Å². The summed E-state index contributed by atoms with van der Waals surface area (Å²) in [5.41, 5.74) is 8.37. The normalized spacial score (nSPS) is 12.3. The Morgan fingerprint density at radius 3 is 2.40 bits per heavy atom. The first kappa shape index (κ1) is 15.4.